The van der Waals surface area contributed by atoms with Crippen LogP contribution >= 0.6 is 0 Å². The average Bonchev–Trinajstić information content (AvgIpc) is 3.44. The van der Waals surface area contributed by atoms with Gasteiger partial charge >= 0.3 is 5.69 Å². The molecule has 2 aromatic heterocycles. The lowest BCUT2D eigenvalue weighted by Gasteiger charge is -2.36. The number of benzene rings is 1. The Labute approximate surface area is 203 Å². The van der Waals surface area contributed by atoms with E-state index in [0.29, 0.717) is 49.5 Å². The largest absolute Gasteiger partial charge is 0.459 e. The number of piperazine rings is 1. The fourth-order valence-electron chi connectivity index (χ4n) is 4.96. The number of amides is 1. The number of rotatable bonds is 6. The Hall–Kier alpha value is -3.95. The molecule has 0 bridgehead atoms. The number of hydrogen-bond acceptors (Lipinski definition) is 8. The molecule has 0 aliphatic carbocycles. The molecule has 2 aliphatic rings. The van der Waals surface area contributed by atoms with Crippen molar-refractivity contribution in [3.8, 4) is 0 Å². The van der Waals surface area contributed by atoms with Crippen molar-refractivity contribution in [1.29, 1.82) is 0 Å². The first kappa shape index (κ1) is 22.8. The highest BCUT2D eigenvalue weighted by molar-refractivity contribution is 5.91. The number of piperidine rings is 1. The van der Waals surface area contributed by atoms with Gasteiger partial charge < -0.3 is 19.1 Å². The van der Waals surface area contributed by atoms with E-state index in [2.05, 4.69) is 34.2 Å². The summed E-state index contributed by atoms with van der Waals surface area (Å²) in [6.07, 6.45) is 5.82. The Morgan fingerprint density at radius 2 is 1.60 bits per heavy atom. The van der Waals surface area contributed by atoms with Crippen molar-refractivity contribution in [2.24, 2.45) is 5.92 Å². The molecular formula is C25H28N6O4. The summed E-state index contributed by atoms with van der Waals surface area (Å²) in [4.78, 5) is 38.5. The minimum atomic E-state index is -0.374. The van der Waals surface area contributed by atoms with E-state index in [0.717, 1.165) is 32.4 Å². The normalized spacial score (nSPS) is 17.0. The zero-order chi connectivity index (χ0) is 24.2. The van der Waals surface area contributed by atoms with Gasteiger partial charge in [0.15, 0.2) is 5.76 Å². The van der Waals surface area contributed by atoms with Crippen LogP contribution in [0.4, 0.5) is 17.3 Å². The fraction of sp³-hybridized carbons (Fsp3) is 0.400. The smallest absolute Gasteiger partial charge is 0.353 e. The van der Waals surface area contributed by atoms with Crippen LogP contribution in [0.1, 0.15) is 29.0 Å². The molecular weight excluding hydrogens is 448 g/mol. The number of carbonyl (C=O) groups excluding carboxylic acids is 1. The van der Waals surface area contributed by atoms with Gasteiger partial charge in [0.05, 0.1) is 11.2 Å². The third-order valence-electron chi connectivity index (χ3n) is 6.85. The standard InChI is InChI=1S/C25H28N6O4/c32-25(21-7-4-16-35-21)30-14-12-29(13-15-30)24-22(31(33)34)23(26-18-27-24)28-10-8-20(9-11-28)17-19-5-2-1-3-6-19/h1-7,16,18,20H,8-15,17H2. The van der Waals surface area contributed by atoms with E-state index in [1.807, 2.05) is 15.9 Å². The molecule has 182 valence electrons. The van der Waals surface area contributed by atoms with Crippen LogP contribution in [0, 0.1) is 16.0 Å². The Balaban J connectivity index is 1.27. The van der Waals surface area contributed by atoms with Gasteiger partial charge in [-0.3, -0.25) is 14.9 Å². The third kappa shape index (κ3) is 4.96. The van der Waals surface area contributed by atoms with Crippen LogP contribution in [-0.2, 0) is 6.42 Å². The van der Waals surface area contributed by atoms with E-state index in [9.17, 15) is 14.9 Å². The van der Waals surface area contributed by atoms with Gasteiger partial charge in [-0.2, -0.15) is 0 Å². The summed E-state index contributed by atoms with van der Waals surface area (Å²) in [5.74, 6) is 1.37. The van der Waals surface area contributed by atoms with Crippen molar-refractivity contribution < 1.29 is 14.1 Å². The Morgan fingerprint density at radius 1 is 0.943 bits per heavy atom. The second kappa shape index (κ2) is 10.1. The zero-order valence-electron chi connectivity index (χ0n) is 19.5. The maximum absolute atomic E-state index is 12.6. The number of hydrogen-bond donors (Lipinski definition) is 0. The van der Waals surface area contributed by atoms with Gasteiger partial charge in [0.25, 0.3) is 5.91 Å². The van der Waals surface area contributed by atoms with E-state index in [-0.39, 0.29) is 16.5 Å². The van der Waals surface area contributed by atoms with Gasteiger partial charge in [0, 0.05) is 39.3 Å². The highest BCUT2D eigenvalue weighted by atomic mass is 16.6. The molecule has 1 aromatic carbocycles. The van der Waals surface area contributed by atoms with Crippen LogP contribution < -0.4 is 9.80 Å². The molecule has 10 heteroatoms. The van der Waals surface area contributed by atoms with Crippen LogP contribution in [-0.4, -0.2) is 65.0 Å². The van der Waals surface area contributed by atoms with Gasteiger partial charge in [-0.25, -0.2) is 9.97 Å². The lowest BCUT2D eigenvalue weighted by atomic mass is 9.90. The van der Waals surface area contributed by atoms with Crippen molar-refractivity contribution in [3.63, 3.8) is 0 Å². The molecule has 0 atom stereocenters. The molecule has 4 heterocycles. The van der Waals surface area contributed by atoms with Crippen molar-refractivity contribution in [2.45, 2.75) is 19.3 Å². The minimum absolute atomic E-state index is 0.0557. The number of anilines is 2. The molecule has 2 saturated heterocycles. The number of aromatic nitrogens is 2. The Bertz CT molecular complexity index is 1150. The van der Waals surface area contributed by atoms with Gasteiger partial charge in [0.1, 0.15) is 6.33 Å². The van der Waals surface area contributed by atoms with Crippen molar-refractivity contribution in [3.05, 3.63) is 76.5 Å². The van der Waals surface area contributed by atoms with E-state index < -0.39 is 0 Å². The molecule has 10 nitrogen and oxygen atoms in total. The maximum atomic E-state index is 12.6. The first-order valence-electron chi connectivity index (χ1n) is 12.0. The second-order valence-corrected chi connectivity index (χ2v) is 9.00. The van der Waals surface area contributed by atoms with Gasteiger partial charge in [-0.15, -0.1) is 0 Å². The summed E-state index contributed by atoms with van der Waals surface area (Å²) < 4.78 is 5.21. The summed E-state index contributed by atoms with van der Waals surface area (Å²) in [6, 6.07) is 13.8. The molecule has 0 spiro atoms. The zero-order valence-corrected chi connectivity index (χ0v) is 19.5. The Kier molecular flexibility index (Phi) is 6.60. The van der Waals surface area contributed by atoms with Gasteiger partial charge in [-0.1, -0.05) is 30.3 Å². The van der Waals surface area contributed by atoms with Crippen LogP contribution in [0.25, 0.3) is 0 Å². The molecule has 1 amide bonds. The van der Waals surface area contributed by atoms with Crippen molar-refractivity contribution >= 4 is 23.2 Å². The quantitative estimate of drug-likeness (QED) is 0.393. The molecule has 2 aliphatic heterocycles. The first-order valence-corrected chi connectivity index (χ1v) is 12.0. The maximum Gasteiger partial charge on any atom is 0.353 e. The number of carbonyl (C=O) groups is 1. The first-order chi connectivity index (χ1) is 17.1. The topological polar surface area (TPSA) is 109 Å². The number of furan rings is 1. The predicted octanol–water partition coefficient (Wildman–Crippen LogP) is 3.40. The van der Waals surface area contributed by atoms with Crippen LogP contribution in [0.3, 0.4) is 0 Å². The predicted molar refractivity (Wildman–Crippen MR) is 131 cm³/mol. The van der Waals surface area contributed by atoms with Crippen molar-refractivity contribution in [2.75, 3.05) is 49.1 Å². The van der Waals surface area contributed by atoms with Crippen LogP contribution in [0.15, 0.2) is 59.5 Å². The average molecular weight is 477 g/mol. The lowest BCUT2D eigenvalue weighted by molar-refractivity contribution is -0.383. The van der Waals surface area contributed by atoms with E-state index in [1.54, 1.807) is 17.0 Å². The van der Waals surface area contributed by atoms with Crippen molar-refractivity contribution in [1.82, 2.24) is 14.9 Å². The lowest BCUT2D eigenvalue weighted by Crippen LogP contribution is -2.49. The van der Waals surface area contributed by atoms with Crippen LogP contribution in [0.5, 0.6) is 0 Å². The molecule has 5 rings (SSSR count). The number of nitrogens with zero attached hydrogens (tertiary/aromatic N) is 6. The monoisotopic (exact) mass is 476 g/mol. The Morgan fingerprint density at radius 3 is 2.20 bits per heavy atom. The molecule has 0 radical (unpaired) electrons. The molecule has 35 heavy (non-hydrogen) atoms. The summed E-state index contributed by atoms with van der Waals surface area (Å²) in [7, 11) is 0. The molecule has 0 saturated carbocycles. The summed E-state index contributed by atoms with van der Waals surface area (Å²) in [5, 5.41) is 12.2. The third-order valence-corrected chi connectivity index (χ3v) is 6.85. The molecule has 2 fully saturated rings. The summed E-state index contributed by atoms with van der Waals surface area (Å²) >= 11 is 0. The van der Waals surface area contributed by atoms with Gasteiger partial charge in [0.2, 0.25) is 11.6 Å². The summed E-state index contributed by atoms with van der Waals surface area (Å²) in [5.41, 5.74) is 1.27. The molecule has 0 N–H and O–H groups in total. The van der Waals surface area contributed by atoms with E-state index >= 15 is 0 Å². The highest BCUT2D eigenvalue weighted by Crippen LogP contribution is 2.36. The minimum Gasteiger partial charge on any atom is -0.459 e. The van der Waals surface area contributed by atoms with Gasteiger partial charge in [-0.05, 0) is 42.9 Å². The number of nitro groups is 1. The SMILES string of the molecule is O=C(c1ccco1)N1CCN(c2ncnc(N3CCC(Cc4ccccc4)CC3)c2[N+](=O)[O-])CC1. The van der Waals surface area contributed by atoms with Crippen LogP contribution in [0.2, 0.25) is 0 Å². The fourth-order valence-corrected chi connectivity index (χ4v) is 4.96. The second-order valence-electron chi connectivity index (χ2n) is 9.00. The molecule has 3 aromatic rings. The summed E-state index contributed by atoms with van der Waals surface area (Å²) in [6.45, 7) is 3.20. The highest BCUT2D eigenvalue weighted by Gasteiger charge is 2.34. The van der Waals surface area contributed by atoms with E-state index in [1.165, 1.54) is 18.2 Å². The van der Waals surface area contributed by atoms with E-state index in [4.69, 9.17) is 4.42 Å². The molecule has 0 unspecified atom stereocenters.